The molecule has 1 aliphatic rings. The molecule has 1 heterocycles. The van der Waals surface area contributed by atoms with Crippen molar-refractivity contribution in [3.05, 3.63) is 55.6 Å². The van der Waals surface area contributed by atoms with Crippen molar-refractivity contribution >= 4 is 34.2 Å². The van der Waals surface area contributed by atoms with Crippen LogP contribution in [-0.2, 0) is 6.42 Å². The Balaban J connectivity index is 1.94. The number of benzene rings is 1. The van der Waals surface area contributed by atoms with Crippen LogP contribution in [0.25, 0.3) is 0 Å². The van der Waals surface area contributed by atoms with E-state index in [1.807, 2.05) is 0 Å². The molecule has 3 rings (SSSR count). The van der Waals surface area contributed by atoms with Crippen LogP contribution in [0.2, 0.25) is 5.15 Å². The van der Waals surface area contributed by atoms with Crippen molar-refractivity contribution in [3.63, 3.8) is 0 Å². The fraction of sp³-hybridized carbons (Fsp3) is 0.286. The molecule has 0 unspecified atom stereocenters. The van der Waals surface area contributed by atoms with Gasteiger partial charge < -0.3 is 0 Å². The van der Waals surface area contributed by atoms with Crippen molar-refractivity contribution < 1.29 is 8.78 Å². The average molecular weight is 407 g/mol. The van der Waals surface area contributed by atoms with E-state index in [1.165, 1.54) is 12.1 Å². The predicted molar refractivity (Wildman–Crippen MR) is 80.9 cm³/mol. The summed E-state index contributed by atoms with van der Waals surface area (Å²) in [4.78, 5) is 8.68. The summed E-state index contributed by atoms with van der Waals surface area (Å²) < 4.78 is 27.4. The Morgan fingerprint density at radius 3 is 2.65 bits per heavy atom. The Kier molecular flexibility index (Phi) is 3.90. The van der Waals surface area contributed by atoms with Crippen LogP contribution in [0.3, 0.4) is 0 Å². The van der Waals surface area contributed by atoms with Gasteiger partial charge in [0.15, 0.2) is 0 Å². The van der Waals surface area contributed by atoms with E-state index in [9.17, 15) is 8.78 Å². The molecule has 0 N–H and O–H groups in total. The number of halogens is 4. The lowest BCUT2D eigenvalue weighted by Gasteiger charge is -2.08. The van der Waals surface area contributed by atoms with E-state index in [1.54, 1.807) is 0 Å². The third-order valence-electron chi connectivity index (χ3n) is 3.21. The van der Waals surface area contributed by atoms with E-state index in [0.29, 0.717) is 22.5 Å². The zero-order valence-electron chi connectivity index (χ0n) is 10.3. The number of nitrogens with zero attached hydrogens (tertiary/aromatic N) is 2. The molecule has 1 aliphatic carbocycles. The van der Waals surface area contributed by atoms with E-state index >= 15 is 0 Å². The van der Waals surface area contributed by atoms with Gasteiger partial charge in [-0.2, -0.15) is 0 Å². The molecule has 2 nitrogen and oxygen atoms in total. The Bertz CT molecular complexity index is 674. The fourth-order valence-electron chi connectivity index (χ4n) is 2.02. The van der Waals surface area contributed by atoms with Crippen LogP contribution in [-0.4, -0.2) is 9.97 Å². The van der Waals surface area contributed by atoms with Crippen molar-refractivity contribution in [2.75, 3.05) is 0 Å². The Morgan fingerprint density at radius 1 is 1.25 bits per heavy atom. The summed E-state index contributed by atoms with van der Waals surface area (Å²) in [5, 5.41) is 0.403. The monoisotopic (exact) mass is 406 g/mol. The van der Waals surface area contributed by atoms with Gasteiger partial charge in [0.2, 0.25) is 0 Å². The molecule has 0 bridgehead atoms. The Labute approximate surface area is 133 Å². The van der Waals surface area contributed by atoms with Crippen molar-refractivity contribution in [1.29, 1.82) is 0 Å². The Morgan fingerprint density at radius 2 is 2.00 bits per heavy atom. The van der Waals surface area contributed by atoms with Crippen LogP contribution in [0.4, 0.5) is 8.78 Å². The highest BCUT2D eigenvalue weighted by molar-refractivity contribution is 14.1. The number of aromatic nitrogens is 2. The standard InChI is InChI=1S/C14H10ClF2IN2/c15-14-12(18)13(7-1-2-7)19-11(20-14)5-8-3-4-9(16)6-10(8)17/h3-4,6-7H,1-2,5H2. The largest absolute Gasteiger partial charge is 0.236 e. The molecule has 104 valence electrons. The molecule has 0 aliphatic heterocycles. The molecule has 1 aromatic heterocycles. The van der Waals surface area contributed by atoms with Crippen LogP contribution < -0.4 is 0 Å². The lowest BCUT2D eigenvalue weighted by atomic mass is 10.1. The predicted octanol–water partition coefficient (Wildman–Crippen LogP) is 4.48. The lowest BCUT2D eigenvalue weighted by molar-refractivity contribution is 0.573. The van der Waals surface area contributed by atoms with Crippen molar-refractivity contribution in [1.82, 2.24) is 9.97 Å². The summed E-state index contributed by atoms with van der Waals surface area (Å²) in [6.45, 7) is 0. The van der Waals surface area contributed by atoms with Gasteiger partial charge in [0, 0.05) is 18.4 Å². The molecule has 20 heavy (non-hydrogen) atoms. The molecule has 1 aromatic carbocycles. The number of hydrogen-bond acceptors (Lipinski definition) is 2. The fourth-order valence-corrected chi connectivity index (χ4v) is 2.90. The Hall–Kier alpha value is -0.820. The molecule has 0 amide bonds. The topological polar surface area (TPSA) is 25.8 Å². The smallest absolute Gasteiger partial charge is 0.146 e. The lowest BCUT2D eigenvalue weighted by Crippen LogP contribution is -2.05. The highest BCUT2D eigenvalue weighted by Crippen LogP contribution is 2.42. The summed E-state index contributed by atoms with van der Waals surface area (Å²) in [6, 6.07) is 3.51. The van der Waals surface area contributed by atoms with E-state index in [0.717, 1.165) is 28.2 Å². The highest BCUT2D eigenvalue weighted by Gasteiger charge is 2.29. The molecular weight excluding hydrogens is 397 g/mol. The molecular formula is C14H10ClF2IN2. The van der Waals surface area contributed by atoms with E-state index in [2.05, 4.69) is 32.6 Å². The summed E-state index contributed by atoms with van der Waals surface area (Å²) in [5.74, 6) is -0.259. The quantitative estimate of drug-likeness (QED) is 0.555. The van der Waals surface area contributed by atoms with Crippen LogP contribution in [0.5, 0.6) is 0 Å². The third-order valence-corrected chi connectivity index (χ3v) is 4.87. The molecule has 1 saturated carbocycles. The second-order valence-corrected chi connectivity index (χ2v) is 6.25. The van der Waals surface area contributed by atoms with Gasteiger partial charge in [-0.3, -0.25) is 0 Å². The van der Waals surface area contributed by atoms with Gasteiger partial charge in [-0.15, -0.1) is 0 Å². The van der Waals surface area contributed by atoms with Crippen molar-refractivity contribution in [2.24, 2.45) is 0 Å². The third kappa shape index (κ3) is 2.93. The first kappa shape index (κ1) is 14.1. The molecule has 0 radical (unpaired) electrons. The number of rotatable bonds is 3. The van der Waals surface area contributed by atoms with Crippen LogP contribution in [0, 0.1) is 15.2 Å². The van der Waals surface area contributed by atoms with Gasteiger partial charge in [-0.05, 0) is 47.1 Å². The zero-order valence-corrected chi connectivity index (χ0v) is 13.3. The maximum Gasteiger partial charge on any atom is 0.146 e. The zero-order chi connectivity index (χ0) is 14.3. The highest BCUT2D eigenvalue weighted by atomic mass is 127. The molecule has 1 fully saturated rings. The second kappa shape index (κ2) is 5.52. The first-order valence-electron chi connectivity index (χ1n) is 6.20. The van der Waals surface area contributed by atoms with Crippen molar-refractivity contribution in [3.8, 4) is 0 Å². The first-order valence-corrected chi connectivity index (χ1v) is 7.66. The first-order chi connectivity index (χ1) is 9.54. The van der Waals surface area contributed by atoms with Crippen molar-refractivity contribution in [2.45, 2.75) is 25.2 Å². The molecule has 6 heteroatoms. The summed E-state index contributed by atoms with van der Waals surface area (Å²) in [5.41, 5.74) is 1.31. The summed E-state index contributed by atoms with van der Waals surface area (Å²) in [7, 11) is 0. The van der Waals surface area contributed by atoms with Gasteiger partial charge in [0.05, 0.1) is 9.26 Å². The minimum absolute atomic E-state index is 0.211. The molecule has 0 saturated heterocycles. The molecule has 2 aromatic rings. The van der Waals surface area contributed by atoms with Crippen LogP contribution in [0.1, 0.15) is 35.8 Å². The molecule has 0 atom stereocenters. The summed E-state index contributed by atoms with van der Waals surface area (Å²) >= 11 is 8.25. The van der Waals surface area contributed by atoms with Gasteiger partial charge in [-0.1, -0.05) is 17.7 Å². The van der Waals surface area contributed by atoms with Gasteiger partial charge in [-0.25, -0.2) is 18.7 Å². The molecule has 0 spiro atoms. The maximum atomic E-state index is 13.7. The van der Waals surface area contributed by atoms with E-state index in [-0.39, 0.29) is 6.42 Å². The maximum absolute atomic E-state index is 13.7. The number of hydrogen-bond donors (Lipinski definition) is 0. The second-order valence-electron chi connectivity index (χ2n) is 4.82. The SMILES string of the molecule is Fc1ccc(Cc2nc(Cl)c(I)c(C3CC3)n2)c(F)c1. The van der Waals surface area contributed by atoms with Gasteiger partial charge >= 0.3 is 0 Å². The van der Waals surface area contributed by atoms with Gasteiger partial charge in [0.25, 0.3) is 0 Å². The van der Waals surface area contributed by atoms with Gasteiger partial charge in [0.1, 0.15) is 22.6 Å². The minimum atomic E-state index is -0.591. The summed E-state index contributed by atoms with van der Waals surface area (Å²) in [6.07, 6.45) is 2.42. The van der Waals surface area contributed by atoms with E-state index < -0.39 is 11.6 Å². The van der Waals surface area contributed by atoms with Crippen LogP contribution in [0.15, 0.2) is 18.2 Å². The average Bonchev–Trinajstić information content (AvgIpc) is 3.21. The van der Waals surface area contributed by atoms with Crippen LogP contribution >= 0.6 is 34.2 Å². The normalized spacial score (nSPS) is 14.6. The minimum Gasteiger partial charge on any atom is -0.236 e. The van der Waals surface area contributed by atoms with E-state index in [4.69, 9.17) is 11.6 Å².